The van der Waals surface area contributed by atoms with Gasteiger partial charge in [-0.2, -0.15) is 0 Å². The van der Waals surface area contributed by atoms with E-state index in [9.17, 15) is 4.39 Å². The molecule has 0 bridgehead atoms. The van der Waals surface area contributed by atoms with Crippen LogP contribution >= 0.6 is 0 Å². The van der Waals surface area contributed by atoms with Crippen LogP contribution in [0.3, 0.4) is 0 Å². The van der Waals surface area contributed by atoms with Gasteiger partial charge in [0.05, 0.1) is 28.7 Å². The second kappa shape index (κ2) is 11.4. The first-order valence-corrected chi connectivity index (χ1v) is 12.8. The number of H-pyrrole nitrogens is 1. The minimum absolute atomic E-state index is 0.209. The molecule has 0 radical (unpaired) electrons. The lowest BCUT2D eigenvalue weighted by molar-refractivity contribution is 0.627. The molecule has 1 aromatic heterocycles. The first kappa shape index (κ1) is 25.4. The van der Waals surface area contributed by atoms with E-state index in [0.29, 0.717) is 23.4 Å². The number of nitrogens with zero attached hydrogens (tertiary/aromatic N) is 2. The lowest BCUT2D eigenvalue weighted by Crippen LogP contribution is -2.24. The minimum Gasteiger partial charge on any atom is -0.404 e. The van der Waals surface area contributed by atoms with Gasteiger partial charge in [-0.05, 0) is 73.1 Å². The number of halogens is 1. The molecule has 0 unspecified atom stereocenters. The fourth-order valence-corrected chi connectivity index (χ4v) is 4.87. The molecule has 1 fully saturated rings. The molecule has 1 aliphatic carbocycles. The first-order chi connectivity index (χ1) is 17.4. The zero-order chi connectivity index (χ0) is 25.7. The van der Waals surface area contributed by atoms with Crippen LogP contribution in [0, 0.1) is 12.7 Å². The molecule has 2 aromatic carbocycles. The van der Waals surface area contributed by atoms with Crippen molar-refractivity contribution in [2.24, 2.45) is 21.5 Å². The molecular formula is C30H36FN5. The van der Waals surface area contributed by atoms with Gasteiger partial charge in [-0.15, -0.1) is 0 Å². The third-order valence-corrected chi connectivity index (χ3v) is 6.95. The highest BCUT2D eigenvalue weighted by atomic mass is 19.1. The summed E-state index contributed by atoms with van der Waals surface area (Å²) >= 11 is 0. The Morgan fingerprint density at radius 3 is 2.53 bits per heavy atom. The highest BCUT2D eigenvalue weighted by molar-refractivity contribution is 6.29. The Morgan fingerprint density at radius 1 is 1.08 bits per heavy atom. The second-order valence-electron chi connectivity index (χ2n) is 9.42. The predicted molar refractivity (Wildman–Crippen MR) is 148 cm³/mol. The zero-order valence-electron chi connectivity index (χ0n) is 21.4. The maximum absolute atomic E-state index is 14.0. The quantitative estimate of drug-likeness (QED) is 0.250. The number of hydrogen-bond acceptors (Lipinski definition) is 3. The van der Waals surface area contributed by atoms with Crippen molar-refractivity contribution < 1.29 is 4.39 Å². The van der Waals surface area contributed by atoms with Gasteiger partial charge in [0, 0.05) is 18.0 Å². The van der Waals surface area contributed by atoms with Gasteiger partial charge >= 0.3 is 0 Å². The van der Waals surface area contributed by atoms with Gasteiger partial charge in [-0.3, -0.25) is 4.99 Å². The Kier molecular flexibility index (Phi) is 8.04. The van der Waals surface area contributed by atoms with Crippen LogP contribution in [0.15, 0.2) is 70.4 Å². The van der Waals surface area contributed by atoms with E-state index in [1.54, 1.807) is 6.07 Å². The Bertz CT molecular complexity index is 1310. The lowest BCUT2D eigenvalue weighted by atomic mass is 9.98. The summed E-state index contributed by atoms with van der Waals surface area (Å²) in [6.07, 6.45) is 9.57. The maximum atomic E-state index is 14.0. The second-order valence-corrected chi connectivity index (χ2v) is 9.42. The molecule has 0 atom stereocenters. The van der Waals surface area contributed by atoms with E-state index in [1.165, 1.54) is 35.0 Å². The Morgan fingerprint density at radius 2 is 1.86 bits per heavy atom. The van der Waals surface area contributed by atoms with Crippen molar-refractivity contribution in [3.05, 3.63) is 88.6 Å². The smallest absolute Gasteiger partial charge is 0.135 e. The number of rotatable bonds is 8. The molecule has 36 heavy (non-hydrogen) atoms. The summed E-state index contributed by atoms with van der Waals surface area (Å²) < 4.78 is 14.0. The molecule has 4 rings (SSSR count). The van der Waals surface area contributed by atoms with Crippen LogP contribution in [0.2, 0.25) is 0 Å². The number of aryl methyl sites for hydroxylation is 3. The van der Waals surface area contributed by atoms with Crippen molar-refractivity contribution in [2.75, 3.05) is 0 Å². The average molecular weight is 486 g/mol. The molecule has 3 aromatic rings. The standard InChI is InChI=1S/C30H36FN5/c1-4-20-10-13-25(19(3)14-20)22-15-28(34-18-22)29(35-24-8-6-7-9-24)26(17-32)30(33)36-27-16-23(31)12-11-21(27)5-2/h10-18,24,34H,4-9,32H2,1-3H3,(H2,33,36). The van der Waals surface area contributed by atoms with Gasteiger partial charge < -0.3 is 16.5 Å². The summed E-state index contributed by atoms with van der Waals surface area (Å²) in [5.74, 6) is -0.135. The van der Waals surface area contributed by atoms with E-state index >= 15 is 0 Å². The highest BCUT2D eigenvalue weighted by Gasteiger charge is 2.21. The predicted octanol–water partition coefficient (Wildman–Crippen LogP) is 6.52. The third kappa shape index (κ3) is 5.59. The molecule has 0 aliphatic heterocycles. The molecule has 188 valence electrons. The number of aromatic amines is 1. The average Bonchev–Trinajstić information content (AvgIpc) is 3.56. The van der Waals surface area contributed by atoms with E-state index in [1.807, 2.05) is 13.1 Å². The largest absolute Gasteiger partial charge is 0.404 e. The van der Waals surface area contributed by atoms with Crippen molar-refractivity contribution >= 4 is 17.2 Å². The lowest BCUT2D eigenvalue weighted by Gasteiger charge is -2.13. The van der Waals surface area contributed by atoms with Crippen LogP contribution in [-0.2, 0) is 12.8 Å². The van der Waals surface area contributed by atoms with Crippen LogP contribution in [0.25, 0.3) is 11.1 Å². The Hall–Kier alpha value is -3.67. The number of aliphatic imine (C=N–C) groups is 2. The van der Waals surface area contributed by atoms with E-state index in [4.69, 9.17) is 16.5 Å². The molecule has 5 nitrogen and oxygen atoms in total. The number of benzene rings is 2. The summed E-state index contributed by atoms with van der Waals surface area (Å²) in [6, 6.07) is 13.5. The van der Waals surface area contributed by atoms with Gasteiger partial charge in [-0.1, -0.05) is 51.0 Å². The van der Waals surface area contributed by atoms with Crippen LogP contribution < -0.4 is 11.5 Å². The molecule has 0 saturated heterocycles. The summed E-state index contributed by atoms with van der Waals surface area (Å²) in [7, 11) is 0. The van der Waals surface area contributed by atoms with E-state index < -0.39 is 0 Å². The minimum atomic E-state index is -0.352. The van der Waals surface area contributed by atoms with Crippen LogP contribution in [0.5, 0.6) is 0 Å². The summed E-state index contributed by atoms with van der Waals surface area (Å²) in [6.45, 7) is 6.30. The molecule has 1 aliphatic rings. The van der Waals surface area contributed by atoms with E-state index in [2.05, 4.69) is 48.1 Å². The van der Waals surface area contributed by atoms with Crippen LogP contribution in [0.1, 0.15) is 61.9 Å². The van der Waals surface area contributed by atoms with Gasteiger partial charge in [0.15, 0.2) is 0 Å². The van der Waals surface area contributed by atoms with Crippen molar-refractivity contribution in [1.29, 1.82) is 0 Å². The van der Waals surface area contributed by atoms with Gasteiger partial charge in [0.2, 0.25) is 0 Å². The Labute approximate surface area is 213 Å². The molecule has 1 heterocycles. The van der Waals surface area contributed by atoms with Crippen LogP contribution in [-0.4, -0.2) is 22.6 Å². The normalized spacial score (nSPS) is 15.6. The summed E-state index contributed by atoms with van der Waals surface area (Å²) in [5.41, 5.74) is 20.9. The first-order valence-electron chi connectivity index (χ1n) is 12.8. The zero-order valence-corrected chi connectivity index (χ0v) is 21.4. The Balaban J connectivity index is 1.76. The molecule has 6 heteroatoms. The monoisotopic (exact) mass is 485 g/mol. The number of nitrogens with two attached hydrogens (primary N) is 2. The van der Waals surface area contributed by atoms with Gasteiger partial charge in [-0.25, -0.2) is 9.38 Å². The van der Waals surface area contributed by atoms with Crippen molar-refractivity contribution in [2.45, 2.75) is 65.3 Å². The number of nitrogens with one attached hydrogen (secondary N) is 1. The molecule has 0 spiro atoms. The topological polar surface area (TPSA) is 92.5 Å². The number of amidine groups is 1. The third-order valence-electron chi connectivity index (χ3n) is 6.95. The van der Waals surface area contributed by atoms with Crippen molar-refractivity contribution in [3.8, 4) is 11.1 Å². The van der Waals surface area contributed by atoms with E-state index in [-0.39, 0.29) is 17.7 Å². The number of aromatic nitrogens is 1. The molecule has 0 amide bonds. The summed E-state index contributed by atoms with van der Waals surface area (Å²) in [5, 5.41) is 0. The van der Waals surface area contributed by atoms with E-state index in [0.717, 1.165) is 48.9 Å². The number of hydrogen-bond donors (Lipinski definition) is 3. The highest BCUT2D eigenvalue weighted by Crippen LogP contribution is 2.29. The molecular weight excluding hydrogens is 449 g/mol. The van der Waals surface area contributed by atoms with Crippen molar-refractivity contribution in [3.63, 3.8) is 0 Å². The van der Waals surface area contributed by atoms with Gasteiger partial charge in [0.1, 0.15) is 11.7 Å². The van der Waals surface area contributed by atoms with Crippen LogP contribution in [0.4, 0.5) is 10.1 Å². The SMILES string of the molecule is CCc1ccc(-c2c[nH]c(C(=NC3CCCC3)C(=CN)C(N)=Nc3cc(F)ccc3CC)c2)c(C)c1. The fraction of sp³-hybridized carbons (Fsp3) is 0.333. The fourth-order valence-electron chi connectivity index (χ4n) is 4.87. The summed E-state index contributed by atoms with van der Waals surface area (Å²) in [4.78, 5) is 13.1. The molecule has 1 saturated carbocycles. The molecule has 5 N–H and O–H groups in total. The maximum Gasteiger partial charge on any atom is 0.135 e. The van der Waals surface area contributed by atoms with Gasteiger partial charge in [0.25, 0.3) is 0 Å². The van der Waals surface area contributed by atoms with Crippen molar-refractivity contribution in [1.82, 2.24) is 4.98 Å².